The molecule has 136 valence electrons. The van der Waals surface area contributed by atoms with Gasteiger partial charge in [-0.05, 0) is 52.0 Å². The van der Waals surface area contributed by atoms with Crippen LogP contribution in [0.4, 0.5) is 0 Å². The van der Waals surface area contributed by atoms with Crippen molar-refractivity contribution in [3.05, 3.63) is 86.0 Å². The molecule has 0 N–H and O–H groups in total. The Bertz CT molecular complexity index is 1060. The second kappa shape index (κ2) is 8.32. The highest BCUT2D eigenvalue weighted by molar-refractivity contribution is 9.10. The van der Waals surface area contributed by atoms with Gasteiger partial charge in [-0.3, -0.25) is 9.36 Å². The van der Waals surface area contributed by atoms with E-state index in [2.05, 4.69) is 33.9 Å². The Kier molecular flexibility index (Phi) is 5.88. The highest BCUT2D eigenvalue weighted by Crippen LogP contribution is 2.24. The predicted octanol–water partition coefficient (Wildman–Crippen LogP) is 4.85. The molecule has 3 aromatic rings. The summed E-state index contributed by atoms with van der Waals surface area (Å²) in [5.41, 5.74) is 4.24. The lowest BCUT2D eigenvalue weighted by atomic mass is 9.99. The van der Waals surface area contributed by atoms with Crippen molar-refractivity contribution < 1.29 is 0 Å². The highest BCUT2D eigenvalue weighted by atomic mass is 79.9. The van der Waals surface area contributed by atoms with Crippen molar-refractivity contribution in [1.29, 1.82) is 5.26 Å². The molecule has 3 rings (SSSR count). The van der Waals surface area contributed by atoms with Crippen molar-refractivity contribution in [2.45, 2.75) is 33.2 Å². The predicted molar refractivity (Wildman–Crippen MR) is 111 cm³/mol. The molecule has 0 aliphatic carbocycles. The monoisotopic (exact) mass is 421 g/mol. The summed E-state index contributed by atoms with van der Waals surface area (Å²) in [4.78, 5) is 17.3. The summed E-state index contributed by atoms with van der Waals surface area (Å²) in [7, 11) is 0. The van der Waals surface area contributed by atoms with E-state index in [0.29, 0.717) is 16.6 Å². The van der Waals surface area contributed by atoms with Gasteiger partial charge in [-0.2, -0.15) is 5.26 Å². The van der Waals surface area contributed by atoms with Crippen LogP contribution in [0.15, 0.2) is 57.8 Å². The van der Waals surface area contributed by atoms with E-state index < -0.39 is 0 Å². The lowest BCUT2D eigenvalue weighted by Gasteiger charge is -2.14. The Labute approximate surface area is 167 Å². The summed E-state index contributed by atoms with van der Waals surface area (Å²) in [5.74, 6) is 0.808. The van der Waals surface area contributed by atoms with Crippen molar-refractivity contribution in [3.63, 3.8) is 0 Å². The Morgan fingerprint density at radius 2 is 1.85 bits per heavy atom. The molecule has 0 fully saturated rings. The van der Waals surface area contributed by atoms with Gasteiger partial charge in [0, 0.05) is 6.42 Å². The summed E-state index contributed by atoms with van der Waals surface area (Å²) in [6.07, 6.45) is 1.69. The molecule has 2 aromatic carbocycles. The smallest absolute Gasteiger partial charge is 0.268 e. The quantitative estimate of drug-likeness (QED) is 0.591. The van der Waals surface area contributed by atoms with Crippen LogP contribution in [0.1, 0.15) is 36.0 Å². The number of rotatable bonds is 5. The zero-order valence-corrected chi connectivity index (χ0v) is 17.0. The third-order valence-corrected chi connectivity index (χ3v) is 5.40. The number of aromatic nitrogens is 2. The number of hydrogen-bond donors (Lipinski definition) is 0. The summed E-state index contributed by atoms with van der Waals surface area (Å²) in [6.45, 7) is 4.39. The maximum absolute atomic E-state index is 12.7. The standard InChI is InChI=1S/C22H20BrN3O/c1-3-6-20-25-15(2)21(23)22(27)26(20)14-16-9-11-17(12-10-16)19-8-5-4-7-18(19)13-24/h4-5,7-12H,3,6,14H2,1-2H3. The van der Waals surface area contributed by atoms with Crippen molar-refractivity contribution >= 4 is 15.9 Å². The average molecular weight is 422 g/mol. The largest absolute Gasteiger partial charge is 0.291 e. The minimum Gasteiger partial charge on any atom is -0.291 e. The first-order valence-electron chi connectivity index (χ1n) is 8.89. The van der Waals surface area contributed by atoms with E-state index in [-0.39, 0.29) is 5.56 Å². The molecule has 0 atom stereocenters. The normalized spacial score (nSPS) is 10.6. The Hall–Kier alpha value is -2.71. The number of halogens is 1. The molecule has 0 spiro atoms. The molecule has 0 aliphatic rings. The Morgan fingerprint density at radius 3 is 2.52 bits per heavy atom. The van der Waals surface area contributed by atoms with Gasteiger partial charge < -0.3 is 0 Å². The van der Waals surface area contributed by atoms with Gasteiger partial charge in [-0.1, -0.05) is 49.4 Å². The molecule has 0 radical (unpaired) electrons. The van der Waals surface area contributed by atoms with E-state index >= 15 is 0 Å². The van der Waals surface area contributed by atoms with Gasteiger partial charge >= 0.3 is 0 Å². The number of aryl methyl sites for hydroxylation is 2. The maximum atomic E-state index is 12.7. The van der Waals surface area contributed by atoms with Crippen LogP contribution in [0.5, 0.6) is 0 Å². The van der Waals surface area contributed by atoms with Gasteiger partial charge in [0.05, 0.1) is 23.9 Å². The van der Waals surface area contributed by atoms with Crippen molar-refractivity contribution in [2.75, 3.05) is 0 Å². The van der Waals surface area contributed by atoms with E-state index in [0.717, 1.165) is 41.1 Å². The number of nitrogens with zero attached hydrogens (tertiary/aromatic N) is 3. The lowest BCUT2D eigenvalue weighted by molar-refractivity contribution is 0.645. The molecule has 0 saturated carbocycles. The van der Waals surface area contributed by atoms with E-state index in [1.54, 1.807) is 4.57 Å². The SMILES string of the molecule is CCCc1nc(C)c(Br)c(=O)n1Cc1ccc(-c2ccccc2C#N)cc1. The van der Waals surface area contributed by atoms with Crippen molar-refractivity contribution in [1.82, 2.24) is 9.55 Å². The molecule has 0 amide bonds. The fourth-order valence-corrected chi connectivity index (χ4v) is 3.38. The van der Waals surface area contributed by atoms with Crippen LogP contribution in [-0.2, 0) is 13.0 Å². The third-order valence-electron chi connectivity index (χ3n) is 4.49. The van der Waals surface area contributed by atoms with Crippen LogP contribution in [0.25, 0.3) is 11.1 Å². The Morgan fingerprint density at radius 1 is 1.15 bits per heavy atom. The second-order valence-electron chi connectivity index (χ2n) is 6.42. The topological polar surface area (TPSA) is 58.7 Å². The van der Waals surface area contributed by atoms with Gasteiger partial charge in [0.1, 0.15) is 10.3 Å². The first kappa shape index (κ1) is 19.1. The number of nitriles is 1. The van der Waals surface area contributed by atoms with Crippen molar-refractivity contribution in [3.8, 4) is 17.2 Å². The molecule has 5 heteroatoms. The highest BCUT2D eigenvalue weighted by Gasteiger charge is 2.12. The van der Waals surface area contributed by atoms with E-state index in [4.69, 9.17) is 0 Å². The van der Waals surface area contributed by atoms with E-state index in [9.17, 15) is 10.1 Å². The molecule has 0 bridgehead atoms. The molecular formula is C22H20BrN3O. The minimum absolute atomic E-state index is 0.0511. The molecule has 0 saturated heterocycles. The fourth-order valence-electron chi connectivity index (χ4n) is 3.08. The van der Waals surface area contributed by atoms with Crippen LogP contribution < -0.4 is 5.56 Å². The summed E-state index contributed by atoms with van der Waals surface area (Å²) < 4.78 is 2.25. The van der Waals surface area contributed by atoms with E-state index in [1.807, 2.05) is 55.5 Å². The minimum atomic E-state index is -0.0511. The summed E-state index contributed by atoms with van der Waals surface area (Å²) in [5, 5.41) is 9.29. The van der Waals surface area contributed by atoms with Crippen LogP contribution in [0.2, 0.25) is 0 Å². The lowest BCUT2D eigenvalue weighted by Crippen LogP contribution is -2.27. The molecule has 0 unspecified atom stereocenters. The zero-order valence-electron chi connectivity index (χ0n) is 15.4. The molecule has 4 nitrogen and oxygen atoms in total. The van der Waals surface area contributed by atoms with Crippen LogP contribution in [0.3, 0.4) is 0 Å². The van der Waals surface area contributed by atoms with Gasteiger partial charge in [0.15, 0.2) is 0 Å². The third kappa shape index (κ3) is 4.01. The van der Waals surface area contributed by atoms with Gasteiger partial charge in [0.25, 0.3) is 5.56 Å². The van der Waals surface area contributed by atoms with Crippen molar-refractivity contribution in [2.24, 2.45) is 0 Å². The van der Waals surface area contributed by atoms with Crippen LogP contribution in [0, 0.1) is 18.3 Å². The zero-order chi connectivity index (χ0) is 19.4. The first-order chi connectivity index (χ1) is 13.0. The first-order valence-corrected chi connectivity index (χ1v) is 9.68. The molecule has 27 heavy (non-hydrogen) atoms. The maximum Gasteiger partial charge on any atom is 0.268 e. The summed E-state index contributed by atoms with van der Waals surface area (Å²) in [6, 6.07) is 17.8. The van der Waals surface area contributed by atoms with Crippen LogP contribution in [-0.4, -0.2) is 9.55 Å². The van der Waals surface area contributed by atoms with Gasteiger partial charge in [0.2, 0.25) is 0 Å². The molecular weight excluding hydrogens is 402 g/mol. The van der Waals surface area contributed by atoms with Gasteiger partial charge in [-0.25, -0.2) is 4.98 Å². The van der Waals surface area contributed by atoms with Gasteiger partial charge in [-0.15, -0.1) is 0 Å². The fraction of sp³-hybridized carbons (Fsp3) is 0.227. The second-order valence-corrected chi connectivity index (χ2v) is 7.22. The molecule has 0 aliphatic heterocycles. The number of hydrogen-bond acceptors (Lipinski definition) is 3. The molecule has 1 aromatic heterocycles. The Balaban J connectivity index is 1.95. The molecule has 1 heterocycles. The number of benzene rings is 2. The van der Waals surface area contributed by atoms with Crippen LogP contribution >= 0.6 is 15.9 Å². The summed E-state index contributed by atoms with van der Waals surface area (Å²) >= 11 is 3.36. The van der Waals surface area contributed by atoms with E-state index in [1.165, 1.54) is 0 Å². The average Bonchev–Trinajstić information content (AvgIpc) is 2.70.